The van der Waals surface area contributed by atoms with Crippen LogP contribution in [0.1, 0.15) is 17.3 Å². The molecule has 1 rings (SSSR count). The molecule has 138 valence electrons. The zero-order chi connectivity index (χ0) is 19.2. The normalized spacial score (nSPS) is 11.1. The maximum Gasteiger partial charge on any atom is 0.341 e. The predicted molar refractivity (Wildman–Crippen MR) is 84.8 cm³/mol. The molecule has 0 heterocycles. The van der Waals surface area contributed by atoms with Gasteiger partial charge in [-0.25, -0.2) is 26.7 Å². The molecular weight excluding hydrogens is 357 g/mol. The number of esters is 1. The molecule has 0 atom stereocenters. The Hall–Kier alpha value is -2.53. The highest BCUT2D eigenvalue weighted by atomic mass is 32.2. The van der Waals surface area contributed by atoms with Gasteiger partial charge in [0.05, 0.1) is 10.5 Å². The van der Waals surface area contributed by atoms with Crippen molar-refractivity contribution in [3.8, 4) is 0 Å². The Kier molecular flexibility index (Phi) is 7.00. The van der Waals surface area contributed by atoms with Gasteiger partial charge in [0.25, 0.3) is 5.91 Å². The van der Waals surface area contributed by atoms with Crippen LogP contribution in [0.15, 0.2) is 23.1 Å². The molecule has 1 aromatic carbocycles. The van der Waals surface area contributed by atoms with Gasteiger partial charge in [-0.2, -0.15) is 0 Å². The number of halogens is 1. The molecule has 0 fully saturated rings. The fourth-order valence-corrected chi connectivity index (χ4v) is 2.54. The van der Waals surface area contributed by atoms with Crippen molar-refractivity contribution in [3.63, 3.8) is 0 Å². The smallest absolute Gasteiger partial charge is 0.341 e. The van der Waals surface area contributed by atoms with Gasteiger partial charge in [-0.15, -0.1) is 0 Å². The van der Waals surface area contributed by atoms with Gasteiger partial charge in [0, 0.05) is 20.6 Å². The largest absolute Gasteiger partial charge is 0.452 e. The summed E-state index contributed by atoms with van der Waals surface area (Å²) in [6.45, 7) is 1.10. The number of carbonyl (C=O) groups is 3. The molecular formula is C14H18FN3O6S. The third-order valence-corrected chi connectivity index (χ3v) is 4.67. The molecule has 1 aromatic rings. The molecule has 0 aliphatic heterocycles. The average molecular weight is 375 g/mol. The molecule has 0 aromatic heterocycles. The summed E-state index contributed by atoms with van der Waals surface area (Å²) >= 11 is 0. The Morgan fingerprint density at radius 1 is 1.24 bits per heavy atom. The molecule has 0 aliphatic rings. The highest BCUT2D eigenvalue weighted by Gasteiger charge is 2.22. The minimum atomic E-state index is -3.88. The SMILES string of the molecule is CCNC(=O)NC(=O)COC(=O)c1cc(S(=O)(=O)N(C)C)ccc1F. The first-order valence-corrected chi connectivity index (χ1v) is 8.50. The Morgan fingerprint density at radius 2 is 1.88 bits per heavy atom. The van der Waals surface area contributed by atoms with Crippen LogP contribution in [0.5, 0.6) is 0 Å². The molecule has 0 saturated carbocycles. The monoisotopic (exact) mass is 375 g/mol. The molecule has 25 heavy (non-hydrogen) atoms. The second-order valence-electron chi connectivity index (χ2n) is 4.91. The van der Waals surface area contributed by atoms with Crippen molar-refractivity contribution < 1.29 is 31.9 Å². The minimum absolute atomic E-state index is 0.289. The molecule has 0 unspecified atom stereocenters. The maximum absolute atomic E-state index is 13.8. The average Bonchev–Trinajstić information content (AvgIpc) is 2.52. The number of benzene rings is 1. The van der Waals surface area contributed by atoms with E-state index < -0.39 is 45.9 Å². The van der Waals surface area contributed by atoms with Gasteiger partial charge < -0.3 is 10.1 Å². The number of carbonyl (C=O) groups excluding carboxylic acids is 3. The Labute approximate surface area is 144 Å². The molecule has 11 heteroatoms. The number of nitrogens with one attached hydrogen (secondary N) is 2. The number of nitrogens with zero attached hydrogens (tertiary/aromatic N) is 1. The predicted octanol–water partition coefficient (Wildman–Crippen LogP) is 0.0785. The van der Waals surface area contributed by atoms with Gasteiger partial charge >= 0.3 is 12.0 Å². The van der Waals surface area contributed by atoms with Crippen LogP contribution >= 0.6 is 0 Å². The van der Waals surface area contributed by atoms with E-state index in [1.807, 2.05) is 5.32 Å². The van der Waals surface area contributed by atoms with E-state index in [1.54, 1.807) is 6.92 Å². The zero-order valence-electron chi connectivity index (χ0n) is 13.8. The molecule has 0 bridgehead atoms. The third-order valence-electron chi connectivity index (χ3n) is 2.86. The van der Waals surface area contributed by atoms with Crippen molar-refractivity contribution in [1.29, 1.82) is 0 Å². The molecule has 0 aliphatic carbocycles. The number of hydrogen-bond donors (Lipinski definition) is 2. The van der Waals surface area contributed by atoms with Gasteiger partial charge in [-0.3, -0.25) is 10.1 Å². The second-order valence-corrected chi connectivity index (χ2v) is 7.06. The Bertz CT molecular complexity index is 779. The first-order valence-electron chi connectivity index (χ1n) is 7.06. The quantitative estimate of drug-likeness (QED) is 0.679. The topological polar surface area (TPSA) is 122 Å². The molecule has 0 radical (unpaired) electrons. The standard InChI is InChI=1S/C14H18FN3O6S/c1-4-16-14(21)17-12(19)8-24-13(20)10-7-9(5-6-11(10)15)25(22,23)18(2)3/h5-7H,4,8H2,1-3H3,(H2,16,17,19,21). The lowest BCUT2D eigenvalue weighted by Crippen LogP contribution is -2.41. The van der Waals surface area contributed by atoms with Crippen LogP contribution < -0.4 is 10.6 Å². The summed E-state index contributed by atoms with van der Waals surface area (Å²) in [5.41, 5.74) is -0.645. The van der Waals surface area contributed by atoms with Gasteiger partial charge in [-0.1, -0.05) is 0 Å². The number of amides is 3. The lowest BCUT2D eigenvalue weighted by atomic mass is 10.2. The third kappa shape index (κ3) is 5.50. The van der Waals surface area contributed by atoms with Crippen molar-refractivity contribution >= 4 is 27.9 Å². The number of sulfonamides is 1. The molecule has 3 amide bonds. The molecule has 0 saturated heterocycles. The fraction of sp³-hybridized carbons (Fsp3) is 0.357. The van der Waals surface area contributed by atoms with Crippen LogP contribution in [0.2, 0.25) is 0 Å². The van der Waals surface area contributed by atoms with Crippen molar-refractivity contribution in [1.82, 2.24) is 14.9 Å². The van der Waals surface area contributed by atoms with E-state index in [-0.39, 0.29) is 11.4 Å². The Morgan fingerprint density at radius 3 is 2.44 bits per heavy atom. The van der Waals surface area contributed by atoms with Crippen LogP contribution in [0.4, 0.5) is 9.18 Å². The number of ether oxygens (including phenoxy) is 1. The number of rotatable bonds is 6. The van der Waals surface area contributed by atoms with Crippen molar-refractivity contribution in [2.75, 3.05) is 27.2 Å². The lowest BCUT2D eigenvalue weighted by molar-refractivity contribution is -0.123. The molecule has 0 spiro atoms. The first-order chi connectivity index (χ1) is 11.6. The Balaban J connectivity index is 2.85. The highest BCUT2D eigenvalue weighted by molar-refractivity contribution is 7.89. The van der Waals surface area contributed by atoms with E-state index in [2.05, 4.69) is 10.1 Å². The fourth-order valence-electron chi connectivity index (χ4n) is 1.61. The van der Waals surface area contributed by atoms with Gasteiger partial charge in [-0.05, 0) is 25.1 Å². The summed E-state index contributed by atoms with van der Waals surface area (Å²) in [7, 11) is -1.32. The van der Waals surface area contributed by atoms with Crippen LogP contribution in [-0.2, 0) is 19.6 Å². The zero-order valence-corrected chi connectivity index (χ0v) is 14.6. The van der Waals surface area contributed by atoms with Crippen molar-refractivity contribution in [3.05, 3.63) is 29.6 Å². The van der Waals surface area contributed by atoms with Gasteiger partial charge in [0.1, 0.15) is 5.82 Å². The number of hydrogen-bond acceptors (Lipinski definition) is 6. The summed E-state index contributed by atoms with van der Waals surface area (Å²) in [4.78, 5) is 34.1. The summed E-state index contributed by atoms with van der Waals surface area (Å²) in [5, 5.41) is 4.19. The summed E-state index contributed by atoms with van der Waals surface area (Å²) in [6, 6.07) is 1.86. The summed E-state index contributed by atoms with van der Waals surface area (Å²) in [6.07, 6.45) is 0. The van der Waals surface area contributed by atoms with Crippen LogP contribution in [-0.4, -0.2) is 57.9 Å². The van der Waals surface area contributed by atoms with Crippen LogP contribution in [0.3, 0.4) is 0 Å². The van der Waals surface area contributed by atoms with Crippen molar-refractivity contribution in [2.45, 2.75) is 11.8 Å². The van der Waals surface area contributed by atoms with E-state index in [0.29, 0.717) is 0 Å². The second kappa shape index (κ2) is 8.53. The maximum atomic E-state index is 13.8. The van der Waals surface area contributed by atoms with E-state index in [0.717, 1.165) is 22.5 Å². The van der Waals surface area contributed by atoms with Gasteiger partial charge in [0.2, 0.25) is 10.0 Å². The summed E-state index contributed by atoms with van der Waals surface area (Å²) in [5.74, 6) is -3.16. The lowest BCUT2D eigenvalue weighted by Gasteiger charge is -2.12. The van der Waals surface area contributed by atoms with E-state index >= 15 is 0 Å². The van der Waals surface area contributed by atoms with E-state index in [1.165, 1.54) is 14.1 Å². The highest BCUT2D eigenvalue weighted by Crippen LogP contribution is 2.18. The molecule has 2 N–H and O–H groups in total. The molecule has 9 nitrogen and oxygen atoms in total. The summed E-state index contributed by atoms with van der Waals surface area (Å²) < 4.78 is 43.3. The van der Waals surface area contributed by atoms with Crippen LogP contribution in [0, 0.1) is 5.82 Å². The van der Waals surface area contributed by atoms with E-state index in [9.17, 15) is 27.2 Å². The first kappa shape index (κ1) is 20.5. The van der Waals surface area contributed by atoms with Crippen molar-refractivity contribution in [2.24, 2.45) is 0 Å². The minimum Gasteiger partial charge on any atom is -0.452 e. The van der Waals surface area contributed by atoms with E-state index in [4.69, 9.17) is 0 Å². The number of urea groups is 1. The van der Waals surface area contributed by atoms with Gasteiger partial charge in [0.15, 0.2) is 6.61 Å². The number of imide groups is 1. The van der Waals surface area contributed by atoms with Crippen LogP contribution in [0.25, 0.3) is 0 Å².